The summed E-state index contributed by atoms with van der Waals surface area (Å²) in [6.07, 6.45) is 2.59. The number of nitrogens with one attached hydrogen (secondary N) is 1. The maximum atomic E-state index is 5.51. The molecule has 0 aliphatic heterocycles. The molecule has 102 valence electrons. The Kier molecular flexibility index (Phi) is 4.33. The smallest absolute Gasteiger partial charge is 0.218 e. The van der Waals surface area contributed by atoms with Crippen molar-refractivity contribution >= 4 is 5.82 Å². The molecule has 0 aliphatic carbocycles. The van der Waals surface area contributed by atoms with Crippen LogP contribution < -0.4 is 10.1 Å². The van der Waals surface area contributed by atoms with Crippen molar-refractivity contribution in [3.8, 4) is 5.88 Å². The minimum atomic E-state index is 0.488. The number of aryl methyl sites for hydroxylation is 2. The van der Waals surface area contributed by atoms with Crippen LogP contribution in [0.15, 0.2) is 16.7 Å². The topological polar surface area (TPSA) is 73.1 Å². The van der Waals surface area contributed by atoms with E-state index in [1.54, 1.807) is 12.3 Å². The van der Waals surface area contributed by atoms with Gasteiger partial charge < -0.3 is 14.5 Å². The lowest BCUT2D eigenvalue weighted by Crippen LogP contribution is -2.05. The molecule has 0 unspecified atom stereocenters. The van der Waals surface area contributed by atoms with E-state index in [1.807, 2.05) is 20.8 Å². The number of ether oxygens (including phenoxy) is 1. The van der Waals surface area contributed by atoms with Crippen molar-refractivity contribution in [3.63, 3.8) is 0 Å². The Morgan fingerprint density at radius 1 is 1.32 bits per heavy atom. The van der Waals surface area contributed by atoms with Gasteiger partial charge in [-0.15, -0.1) is 0 Å². The van der Waals surface area contributed by atoms with Crippen molar-refractivity contribution in [2.45, 2.75) is 33.7 Å². The number of oxazole rings is 1. The van der Waals surface area contributed by atoms with E-state index in [9.17, 15) is 0 Å². The summed E-state index contributed by atoms with van der Waals surface area (Å²) in [4.78, 5) is 12.6. The fraction of sp³-hybridized carbons (Fsp3) is 0.462. The molecule has 6 heteroatoms. The van der Waals surface area contributed by atoms with Gasteiger partial charge in [-0.3, -0.25) is 0 Å². The molecule has 0 radical (unpaired) electrons. The first-order valence-electron chi connectivity index (χ1n) is 6.37. The van der Waals surface area contributed by atoms with Crippen molar-refractivity contribution in [1.82, 2.24) is 15.0 Å². The van der Waals surface area contributed by atoms with Gasteiger partial charge >= 0.3 is 0 Å². The van der Waals surface area contributed by atoms with Crippen molar-refractivity contribution in [3.05, 3.63) is 29.7 Å². The quantitative estimate of drug-likeness (QED) is 0.861. The molecule has 0 saturated carbocycles. The first-order chi connectivity index (χ1) is 9.21. The van der Waals surface area contributed by atoms with Gasteiger partial charge in [-0.05, 0) is 13.8 Å². The zero-order valence-electron chi connectivity index (χ0n) is 11.4. The largest absolute Gasteiger partial charge is 0.478 e. The molecule has 2 aromatic heterocycles. The molecule has 0 bridgehead atoms. The Balaban J connectivity index is 2.02. The summed E-state index contributed by atoms with van der Waals surface area (Å²) in [5, 5.41) is 3.15. The van der Waals surface area contributed by atoms with Crippen molar-refractivity contribution < 1.29 is 9.15 Å². The Morgan fingerprint density at radius 2 is 2.16 bits per heavy atom. The Labute approximate surface area is 112 Å². The van der Waals surface area contributed by atoms with Gasteiger partial charge in [-0.25, -0.2) is 9.97 Å². The van der Waals surface area contributed by atoms with Crippen LogP contribution in [0.25, 0.3) is 0 Å². The molecule has 2 aromatic rings. The minimum Gasteiger partial charge on any atom is -0.478 e. The van der Waals surface area contributed by atoms with Crippen LogP contribution in [-0.2, 0) is 13.0 Å². The van der Waals surface area contributed by atoms with Crippen LogP contribution >= 0.6 is 0 Å². The molecule has 0 saturated heterocycles. The first kappa shape index (κ1) is 13.3. The van der Waals surface area contributed by atoms with Gasteiger partial charge in [0.25, 0.3) is 0 Å². The molecule has 2 heterocycles. The van der Waals surface area contributed by atoms with E-state index >= 15 is 0 Å². The van der Waals surface area contributed by atoms with Crippen LogP contribution in [0, 0.1) is 6.92 Å². The van der Waals surface area contributed by atoms with Gasteiger partial charge in [0.2, 0.25) is 11.8 Å². The molecule has 0 spiro atoms. The molecular formula is C13H18N4O2. The Bertz CT molecular complexity index is 539. The summed E-state index contributed by atoms with van der Waals surface area (Å²) < 4.78 is 10.9. The fourth-order valence-electron chi connectivity index (χ4n) is 1.61. The average Bonchev–Trinajstić information content (AvgIpc) is 2.84. The fourth-order valence-corrected chi connectivity index (χ4v) is 1.61. The summed E-state index contributed by atoms with van der Waals surface area (Å²) in [6, 6.07) is 1.76. The van der Waals surface area contributed by atoms with Gasteiger partial charge in [0.15, 0.2) is 0 Å². The average molecular weight is 262 g/mol. The third-order valence-corrected chi connectivity index (χ3v) is 2.48. The van der Waals surface area contributed by atoms with E-state index < -0.39 is 0 Å². The molecule has 0 aromatic carbocycles. The zero-order chi connectivity index (χ0) is 13.7. The highest BCUT2D eigenvalue weighted by Gasteiger charge is 2.05. The lowest BCUT2D eigenvalue weighted by atomic mass is 10.4. The zero-order valence-corrected chi connectivity index (χ0v) is 11.4. The molecule has 0 atom stereocenters. The molecule has 19 heavy (non-hydrogen) atoms. The highest BCUT2D eigenvalue weighted by atomic mass is 16.5. The number of anilines is 1. The normalized spacial score (nSPS) is 10.5. The Hall–Kier alpha value is -2.11. The molecule has 2 rings (SSSR count). The summed E-state index contributed by atoms with van der Waals surface area (Å²) in [5.74, 6) is 3.46. The molecule has 0 fully saturated rings. The number of aromatic nitrogens is 3. The predicted octanol–water partition coefficient (Wildman–Crippen LogP) is 2.35. The molecule has 6 nitrogen and oxygen atoms in total. The van der Waals surface area contributed by atoms with Crippen LogP contribution in [0.4, 0.5) is 5.82 Å². The maximum absolute atomic E-state index is 5.51. The van der Waals surface area contributed by atoms with E-state index in [2.05, 4.69) is 20.3 Å². The van der Waals surface area contributed by atoms with Crippen LogP contribution in [0.2, 0.25) is 0 Å². The van der Waals surface area contributed by atoms with Gasteiger partial charge in [0.1, 0.15) is 17.4 Å². The van der Waals surface area contributed by atoms with Gasteiger partial charge in [-0.2, -0.15) is 4.98 Å². The third-order valence-electron chi connectivity index (χ3n) is 2.48. The number of hydrogen-bond donors (Lipinski definition) is 1. The summed E-state index contributed by atoms with van der Waals surface area (Å²) in [5.41, 5.74) is 0. The first-order valence-corrected chi connectivity index (χ1v) is 6.37. The number of rotatable bonds is 6. The van der Waals surface area contributed by atoms with Crippen LogP contribution in [0.1, 0.15) is 31.3 Å². The summed E-state index contributed by atoms with van der Waals surface area (Å²) in [7, 11) is 0. The maximum Gasteiger partial charge on any atom is 0.218 e. The van der Waals surface area contributed by atoms with E-state index in [0.29, 0.717) is 36.6 Å². The van der Waals surface area contributed by atoms with Gasteiger partial charge in [0.05, 0.1) is 19.3 Å². The van der Waals surface area contributed by atoms with Crippen LogP contribution in [0.3, 0.4) is 0 Å². The van der Waals surface area contributed by atoms with Gasteiger partial charge in [0, 0.05) is 12.5 Å². The van der Waals surface area contributed by atoms with E-state index in [0.717, 1.165) is 12.2 Å². The predicted molar refractivity (Wildman–Crippen MR) is 71.1 cm³/mol. The molecule has 0 amide bonds. The lowest BCUT2D eigenvalue weighted by Gasteiger charge is -2.07. The SMILES string of the molecule is CCOc1cc(NCc2ncc(CC)o2)nc(C)n1. The van der Waals surface area contributed by atoms with Crippen LogP contribution in [-0.4, -0.2) is 21.6 Å². The number of nitrogens with zero attached hydrogens (tertiary/aromatic N) is 3. The summed E-state index contributed by atoms with van der Waals surface area (Å²) >= 11 is 0. The second kappa shape index (κ2) is 6.17. The van der Waals surface area contributed by atoms with Crippen molar-refractivity contribution in [2.24, 2.45) is 0 Å². The molecule has 1 N–H and O–H groups in total. The molecule has 0 aliphatic rings. The lowest BCUT2D eigenvalue weighted by molar-refractivity contribution is 0.325. The van der Waals surface area contributed by atoms with E-state index in [-0.39, 0.29) is 0 Å². The highest BCUT2D eigenvalue weighted by Crippen LogP contribution is 2.14. The summed E-state index contributed by atoms with van der Waals surface area (Å²) in [6.45, 7) is 6.84. The monoisotopic (exact) mass is 262 g/mol. The van der Waals surface area contributed by atoms with E-state index in [4.69, 9.17) is 9.15 Å². The standard InChI is InChI=1S/C13H18N4O2/c1-4-10-7-15-13(19-10)8-14-11-6-12(18-5-2)17-9(3)16-11/h6-7H,4-5,8H2,1-3H3,(H,14,16,17). The van der Waals surface area contributed by atoms with Gasteiger partial charge in [-0.1, -0.05) is 6.92 Å². The minimum absolute atomic E-state index is 0.488. The number of hydrogen-bond acceptors (Lipinski definition) is 6. The second-order valence-electron chi connectivity index (χ2n) is 4.00. The third kappa shape index (κ3) is 3.67. The second-order valence-corrected chi connectivity index (χ2v) is 4.00. The van der Waals surface area contributed by atoms with Crippen molar-refractivity contribution in [1.29, 1.82) is 0 Å². The molecular weight excluding hydrogens is 244 g/mol. The Morgan fingerprint density at radius 3 is 2.84 bits per heavy atom. The van der Waals surface area contributed by atoms with Crippen molar-refractivity contribution in [2.75, 3.05) is 11.9 Å². The van der Waals surface area contributed by atoms with Crippen LogP contribution in [0.5, 0.6) is 5.88 Å². The van der Waals surface area contributed by atoms with E-state index in [1.165, 1.54) is 0 Å². The highest BCUT2D eigenvalue weighted by molar-refractivity contribution is 5.38.